The average Bonchev–Trinajstić information content (AvgIpc) is 1.91. The van der Waals surface area contributed by atoms with E-state index in [1.54, 1.807) is 0 Å². The molecule has 0 aromatic carbocycles. The normalized spacial score (nSPS) is 9.29. The minimum atomic E-state index is 0.267. The number of oxazole rings is 1. The first-order valence-electron chi connectivity index (χ1n) is 1.68. The average molecular weight is 116 g/mol. The van der Waals surface area contributed by atoms with Crippen molar-refractivity contribution in [2.75, 3.05) is 5.73 Å². The van der Waals surface area contributed by atoms with Gasteiger partial charge in [-0.15, -0.1) is 12.6 Å². The van der Waals surface area contributed by atoms with Gasteiger partial charge in [-0.25, -0.2) is 4.98 Å². The van der Waals surface area contributed by atoms with Gasteiger partial charge in [0.25, 0.3) is 0 Å². The molecule has 3 nitrogen and oxygen atoms in total. The van der Waals surface area contributed by atoms with Crippen LogP contribution in [0.4, 0.5) is 5.88 Å². The first-order chi connectivity index (χ1) is 3.30. The molecule has 0 saturated carbocycles. The van der Waals surface area contributed by atoms with Crippen molar-refractivity contribution in [2.24, 2.45) is 0 Å². The lowest BCUT2D eigenvalue weighted by atomic mass is 10.8. The van der Waals surface area contributed by atoms with E-state index in [0.29, 0.717) is 5.03 Å². The zero-order valence-corrected chi connectivity index (χ0v) is 4.35. The van der Waals surface area contributed by atoms with Gasteiger partial charge in [-0.1, -0.05) is 0 Å². The number of nitrogens with zero attached hydrogens (tertiary/aromatic N) is 1. The van der Waals surface area contributed by atoms with Gasteiger partial charge in [0.2, 0.25) is 5.88 Å². The molecule has 0 spiro atoms. The Labute approximate surface area is 45.9 Å². The predicted molar refractivity (Wildman–Crippen MR) is 28.2 cm³/mol. The van der Waals surface area contributed by atoms with Gasteiger partial charge >= 0.3 is 0 Å². The monoisotopic (exact) mass is 116 g/mol. The third-order valence-electron chi connectivity index (χ3n) is 0.575. The van der Waals surface area contributed by atoms with Crippen LogP contribution in [0, 0.1) is 0 Å². The van der Waals surface area contributed by atoms with Crippen molar-refractivity contribution in [1.29, 1.82) is 0 Å². The second-order valence-corrected chi connectivity index (χ2v) is 1.46. The molecule has 1 aromatic rings. The molecule has 0 fully saturated rings. The van der Waals surface area contributed by atoms with Crippen molar-refractivity contribution in [3.8, 4) is 0 Å². The van der Waals surface area contributed by atoms with E-state index in [4.69, 9.17) is 5.73 Å². The minimum Gasteiger partial charge on any atom is -0.427 e. The van der Waals surface area contributed by atoms with Gasteiger partial charge in [0.15, 0.2) is 11.4 Å². The van der Waals surface area contributed by atoms with Crippen LogP contribution in [-0.2, 0) is 0 Å². The highest BCUT2D eigenvalue weighted by Gasteiger charge is 1.93. The molecule has 0 aliphatic heterocycles. The van der Waals surface area contributed by atoms with Crippen LogP contribution < -0.4 is 5.73 Å². The zero-order valence-electron chi connectivity index (χ0n) is 3.46. The Morgan fingerprint density at radius 1 is 1.86 bits per heavy atom. The summed E-state index contributed by atoms with van der Waals surface area (Å²) in [4.78, 5) is 3.59. The Morgan fingerprint density at radius 2 is 2.57 bits per heavy atom. The maximum absolute atomic E-state index is 5.13. The second kappa shape index (κ2) is 1.46. The molecule has 1 aromatic heterocycles. The molecule has 1 rings (SSSR count). The summed E-state index contributed by atoms with van der Waals surface area (Å²) >= 11 is 3.82. The van der Waals surface area contributed by atoms with E-state index in [1.165, 1.54) is 6.39 Å². The summed E-state index contributed by atoms with van der Waals surface area (Å²) in [6.45, 7) is 0. The Bertz CT molecular complexity index is 145. The van der Waals surface area contributed by atoms with Crippen LogP contribution in [0.1, 0.15) is 0 Å². The molecule has 1 heterocycles. The van der Waals surface area contributed by atoms with E-state index >= 15 is 0 Å². The summed E-state index contributed by atoms with van der Waals surface area (Å²) in [5.74, 6) is 0.267. The van der Waals surface area contributed by atoms with Crippen molar-refractivity contribution < 1.29 is 4.42 Å². The van der Waals surface area contributed by atoms with Crippen LogP contribution >= 0.6 is 12.6 Å². The van der Waals surface area contributed by atoms with Crippen molar-refractivity contribution >= 4 is 18.5 Å². The van der Waals surface area contributed by atoms with Gasteiger partial charge in [-0.2, -0.15) is 0 Å². The molecule has 7 heavy (non-hydrogen) atoms. The number of anilines is 1. The number of rotatable bonds is 0. The highest BCUT2D eigenvalue weighted by atomic mass is 32.1. The second-order valence-electron chi connectivity index (χ2n) is 1.04. The van der Waals surface area contributed by atoms with Crippen LogP contribution in [-0.4, -0.2) is 4.98 Å². The maximum Gasteiger partial charge on any atom is 0.224 e. The SMILES string of the molecule is Nc1ocnc1S. The van der Waals surface area contributed by atoms with Crippen molar-refractivity contribution in [3.05, 3.63) is 6.39 Å². The zero-order chi connectivity index (χ0) is 5.28. The highest BCUT2D eigenvalue weighted by Crippen LogP contribution is 2.10. The molecule has 0 saturated heterocycles. The van der Waals surface area contributed by atoms with Gasteiger partial charge < -0.3 is 10.2 Å². The molecule has 2 N–H and O–H groups in total. The number of nitrogens with two attached hydrogens (primary N) is 1. The Hall–Kier alpha value is -0.640. The van der Waals surface area contributed by atoms with Crippen molar-refractivity contribution in [2.45, 2.75) is 5.03 Å². The fraction of sp³-hybridized carbons (Fsp3) is 0. The van der Waals surface area contributed by atoms with E-state index in [0.717, 1.165) is 0 Å². The Morgan fingerprint density at radius 3 is 2.71 bits per heavy atom. The molecule has 0 aliphatic rings. The highest BCUT2D eigenvalue weighted by molar-refractivity contribution is 7.80. The molecule has 0 aliphatic carbocycles. The lowest BCUT2D eigenvalue weighted by molar-refractivity contribution is 0.575. The minimum absolute atomic E-state index is 0.267. The summed E-state index contributed by atoms with van der Waals surface area (Å²) < 4.78 is 4.55. The third kappa shape index (κ3) is 0.691. The van der Waals surface area contributed by atoms with Gasteiger partial charge in [-0.05, 0) is 0 Å². The Balaban J connectivity index is 3.12. The van der Waals surface area contributed by atoms with Crippen LogP contribution in [0.15, 0.2) is 15.8 Å². The van der Waals surface area contributed by atoms with E-state index in [-0.39, 0.29) is 5.88 Å². The topological polar surface area (TPSA) is 52.0 Å². The summed E-state index contributed by atoms with van der Waals surface area (Å²) in [5, 5.41) is 0.444. The molecule has 0 unspecified atom stereocenters. The summed E-state index contributed by atoms with van der Waals surface area (Å²) in [5.41, 5.74) is 5.13. The van der Waals surface area contributed by atoms with Gasteiger partial charge in [0, 0.05) is 0 Å². The van der Waals surface area contributed by atoms with E-state index in [2.05, 4.69) is 22.0 Å². The third-order valence-corrected chi connectivity index (χ3v) is 0.911. The maximum atomic E-state index is 5.13. The molecular formula is C3H4N2OS. The smallest absolute Gasteiger partial charge is 0.224 e. The fourth-order valence-electron chi connectivity index (χ4n) is 0.249. The number of hydrogen-bond donors (Lipinski definition) is 2. The van der Waals surface area contributed by atoms with Gasteiger partial charge in [0.1, 0.15) is 0 Å². The molecular weight excluding hydrogens is 112 g/mol. The lowest BCUT2D eigenvalue weighted by Gasteiger charge is -1.76. The molecule has 0 radical (unpaired) electrons. The quantitative estimate of drug-likeness (QED) is 0.486. The molecule has 0 atom stereocenters. The summed E-state index contributed by atoms with van der Waals surface area (Å²) in [6.07, 6.45) is 1.25. The standard InChI is InChI=1S/C3H4N2OS/c4-2-3(7)5-1-6-2/h1,7H,4H2. The van der Waals surface area contributed by atoms with Crippen LogP contribution in [0.3, 0.4) is 0 Å². The number of nitrogen functional groups attached to an aromatic ring is 1. The first kappa shape index (κ1) is 4.52. The number of thiol groups is 1. The van der Waals surface area contributed by atoms with Crippen LogP contribution in [0.2, 0.25) is 0 Å². The van der Waals surface area contributed by atoms with Crippen molar-refractivity contribution in [1.82, 2.24) is 4.98 Å². The first-order valence-corrected chi connectivity index (χ1v) is 2.13. The molecule has 4 heteroatoms. The largest absolute Gasteiger partial charge is 0.427 e. The van der Waals surface area contributed by atoms with Crippen LogP contribution in [0.5, 0.6) is 0 Å². The van der Waals surface area contributed by atoms with E-state index < -0.39 is 0 Å². The summed E-state index contributed by atoms with van der Waals surface area (Å²) in [7, 11) is 0. The number of aromatic nitrogens is 1. The lowest BCUT2D eigenvalue weighted by Crippen LogP contribution is -1.79. The summed E-state index contributed by atoms with van der Waals surface area (Å²) in [6, 6.07) is 0. The van der Waals surface area contributed by atoms with Crippen molar-refractivity contribution in [3.63, 3.8) is 0 Å². The van der Waals surface area contributed by atoms with E-state index in [9.17, 15) is 0 Å². The Kier molecular flexibility index (Phi) is 0.941. The fourth-order valence-corrected chi connectivity index (χ4v) is 0.349. The number of hydrogen-bond acceptors (Lipinski definition) is 4. The van der Waals surface area contributed by atoms with Crippen LogP contribution in [0.25, 0.3) is 0 Å². The van der Waals surface area contributed by atoms with Gasteiger partial charge in [-0.3, -0.25) is 0 Å². The molecule has 0 amide bonds. The molecule has 38 valence electrons. The van der Waals surface area contributed by atoms with Gasteiger partial charge in [0.05, 0.1) is 0 Å². The molecule has 0 bridgehead atoms. The van der Waals surface area contributed by atoms with E-state index in [1.807, 2.05) is 0 Å². The predicted octanol–water partition coefficient (Wildman–Crippen LogP) is 0.546.